The Kier molecular flexibility index (Phi) is 4.15. The summed E-state index contributed by atoms with van der Waals surface area (Å²) in [5, 5.41) is 11.8. The Hall–Kier alpha value is -2.08. The molecule has 5 atom stereocenters. The molecule has 0 saturated heterocycles. The molecule has 2 aliphatic carbocycles. The molecule has 7 heteroatoms. The summed E-state index contributed by atoms with van der Waals surface area (Å²) in [4.78, 5) is 12.5. The molecule has 4 rings (SSSR count). The second-order valence-corrected chi connectivity index (χ2v) is 7.59. The van der Waals surface area contributed by atoms with Gasteiger partial charge in [-0.2, -0.15) is 0 Å². The van der Waals surface area contributed by atoms with Crippen LogP contribution in [0.4, 0.5) is 5.82 Å². The van der Waals surface area contributed by atoms with E-state index in [0.717, 1.165) is 19.3 Å². The van der Waals surface area contributed by atoms with Crippen molar-refractivity contribution in [3.63, 3.8) is 0 Å². The molecule has 1 heterocycles. The number of fused-ring (bicyclic) bond motifs is 1. The normalized spacial score (nSPS) is 28.4. The number of aromatic nitrogens is 3. The Morgan fingerprint density at radius 1 is 1.36 bits per heavy atom. The van der Waals surface area contributed by atoms with Crippen LogP contribution in [0.15, 0.2) is 30.5 Å². The fourth-order valence-corrected chi connectivity index (χ4v) is 4.59. The van der Waals surface area contributed by atoms with Crippen molar-refractivity contribution >= 4 is 23.3 Å². The summed E-state index contributed by atoms with van der Waals surface area (Å²) in [5.41, 5.74) is 6.32. The summed E-state index contributed by atoms with van der Waals surface area (Å²) < 4.78 is 1.89. The molecular weight excluding hydrogens is 338 g/mol. The molecule has 2 saturated carbocycles. The topological polar surface area (TPSA) is 85.8 Å². The molecule has 0 radical (unpaired) electrons. The van der Waals surface area contributed by atoms with E-state index in [2.05, 4.69) is 22.6 Å². The van der Waals surface area contributed by atoms with Gasteiger partial charge in [-0.1, -0.05) is 23.7 Å². The lowest BCUT2D eigenvalue weighted by Crippen LogP contribution is -2.37. The van der Waals surface area contributed by atoms with Gasteiger partial charge in [-0.15, -0.1) is 5.10 Å². The zero-order valence-electron chi connectivity index (χ0n) is 14.1. The number of amides is 1. The number of anilines is 1. The number of rotatable bonds is 5. The van der Waals surface area contributed by atoms with Crippen LogP contribution in [-0.4, -0.2) is 26.9 Å². The molecule has 2 aliphatic rings. The van der Waals surface area contributed by atoms with Gasteiger partial charge in [0.15, 0.2) is 5.82 Å². The average Bonchev–Trinajstić information content (AvgIpc) is 2.95. The highest BCUT2D eigenvalue weighted by Crippen LogP contribution is 2.62. The van der Waals surface area contributed by atoms with Gasteiger partial charge in [0.2, 0.25) is 0 Å². The van der Waals surface area contributed by atoms with Crippen LogP contribution >= 0.6 is 11.6 Å². The fraction of sp³-hybridized carbons (Fsp3) is 0.500. The fourth-order valence-electron chi connectivity index (χ4n) is 4.47. The standard InChI is InChI=1S/C18H22ClN5O/c1-2-15(21-18(25)10-3-5-11(19)6-4-10)17-13-7-12(8-14(13)17)24-9-16(20)22-23-24/h3-6,9,12-15,17H,2,7-8,20H2,1H3,(H,21,25)/t12-,13-,14+,15?,17+. The zero-order valence-corrected chi connectivity index (χ0v) is 14.9. The second-order valence-electron chi connectivity index (χ2n) is 7.15. The molecule has 3 N–H and O–H groups in total. The van der Waals surface area contributed by atoms with Crippen molar-refractivity contribution in [3.8, 4) is 0 Å². The second kappa shape index (κ2) is 6.33. The van der Waals surface area contributed by atoms with E-state index in [1.165, 1.54) is 0 Å². The third kappa shape index (κ3) is 3.11. The summed E-state index contributed by atoms with van der Waals surface area (Å²) in [5.74, 6) is 2.34. The van der Waals surface area contributed by atoms with Crippen molar-refractivity contribution in [2.24, 2.45) is 17.8 Å². The molecule has 1 amide bonds. The summed E-state index contributed by atoms with van der Waals surface area (Å²) >= 11 is 5.89. The van der Waals surface area contributed by atoms with Crippen LogP contribution in [0, 0.1) is 17.8 Å². The maximum Gasteiger partial charge on any atom is 0.251 e. The zero-order chi connectivity index (χ0) is 17.6. The first-order valence-electron chi connectivity index (χ1n) is 8.80. The molecule has 2 aromatic rings. The van der Waals surface area contributed by atoms with Crippen LogP contribution in [0.2, 0.25) is 5.02 Å². The Bertz CT molecular complexity index is 762. The first kappa shape index (κ1) is 16.4. The molecule has 25 heavy (non-hydrogen) atoms. The quantitative estimate of drug-likeness (QED) is 0.859. The minimum atomic E-state index is -0.0194. The maximum atomic E-state index is 12.5. The van der Waals surface area contributed by atoms with Gasteiger partial charge < -0.3 is 11.1 Å². The van der Waals surface area contributed by atoms with Crippen molar-refractivity contribution in [1.29, 1.82) is 0 Å². The lowest BCUT2D eigenvalue weighted by molar-refractivity contribution is 0.0926. The largest absolute Gasteiger partial charge is 0.381 e. The van der Waals surface area contributed by atoms with Gasteiger partial charge in [0.1, 0.15) is 0 Å². The van der Waals surface area contributed by atoms with Gasteiger partial charge in [0.05, 0.1) is 12.2 Å². The highest BCUT2D eigenvalue weighted by molar-refractivity contribution is 6.30. The van der Waals surface area contributed by atoms with Crippen LogP contribution < -0.4 is 11.1 Å². The number of hydrogen-bond donors (Lipinski definition) is 2. The number of nitrogens with two attached hydrogens (primary N) is 1. The van der Waals surface area contributed by atoms with Gasteiger partial charge in [0.25, 0.3) is 5.91 Å². The number of nitrogens with one attached hydrogen (secondary N) is 1. The van der Waals surface area contributed by atoms with E-state index in [0.29, 0.717) is 40.2 Å². The van der Waals surface area contributed by atoms with E-state index in [1.54, 1.807) is 24.3 Å². The number of carbonyl (C=O) groups excluding carboxylic acids is 1. The van der Waals surface area contributed by atoms with E-state index < -0.39 is 0 Å². The van der Waals surface area contributed by atoms with E-state index in [9.17, 15) is 4.79 Å². The smallest absolute Gasteiger partial charge is 0.251 e. The van der Waals surface area contributed by atoms with E-state index in [1.807, 2.05) is 10.9 Å². The Labute approximate surface area is 151 Å². The third-order valence-corrected chi connectivity index (χ3v) is 5.97. The molecule has 132 valence electrons. The SMILES string of the molecule is CCC(NC(=O)c1ccc(Cl)cc1)[C@H]1[C@@H]2C[C@@H](n3cc(N)nn3)C[C@@H]21. The van der Waals surface area contributed by atoms with Crippen LogP contribution in [0.25, 0.3) is 0 Å². The predicted octanol–water partition coefficient (Wildman–Crippen LogP) is 2.92. The summed E-state index contributed by atoms with van der Waals surface area (Å²) in [7, 11) is 0. The molecule has 0 spiro atoms. The number of nitrogens with zero attached hydrogens (tertiary/aromatic N) is 3. The molecule has 0 aliphatic heterocycles. The third-order valence-electron chi connectivity index (χ3n) is 5.72. The van der Waals surface area contributed by atoms with Gasteiger partial charge in [-0.05, 0) is 61.3 Å². The monoisotopic (exact) mass is 359 g/mol. The number of benzene rings is 1. The molecule has 0 bridgehead atoms. The van der Waals surface area contributed by atoms with Gasteiger partial charge in [-0.25, -0.2) is 4.68 Å². The van der Waals surface area contributed by atoms with E-state index in [-0.39, 0.29) is 11.9 Å². The number of hydrogen-bond acceptors (Lipinski definition) is 4. The predicted molar refractivity (Wildman–Crippen MR) is 96.2 cm³/mol. The first-order valence-corrected chi connectivity index (χ1v) is 9.18. The van der Waals surface area contributed by atoms with Crippen LogP contribution in [-0.2, 0) is 0 Å². The Morgan fingerprint density at radius 3 is 2.60 bits per heavy atom. The molecule has 1 aromatic heterocycles. The van der Waals surface area contributed by atoms with Gasteiger partial charge in [0, 0.05) is 16.6 Å². The summed E-state index contributed by atoms with van der Waals surface area (Å²) in [6.45, 7) is 2.14. The van der Waals surface area contributed by atoms with Crippen molar-refractivity contribution in [3.05, 3.63) is 41.0 Å². The molecule has 6 nitrogen and oxygen atoms in total. The maximum absolute atomic E-state index is 12.5. The minimum Gasteiger partial charge on any atom is -0.381 e. The Morgan fingerprint density at radius 2 is 2.04 bits per heavy atom. The average molecular weight is 360 g/mol. The van der Waals surface area contributed by atoms with Crippen molar-refractivity contribution < 1.29 is 4.79 Å². The lowest BCUT2D eigenvalue weighted by Gasteiger charge is -2.21. The Balaban J connectivity index is 1.36. The highest BCUT2D eigenvalue weighted by Gasteiger charge is 2.59. The first-order chi connectivity index (χ1) is 12.1. The van der Waals surface area contributed by atoms with Gasteiger partial charge in [-0.3, -0.25) is 4.79 Å². The molecule has 1 unspecified atom stereocenters. The van der Waals surface area contributed by atoms with Crippen LogP contribution in [0.5, 0.6) is 0 Å². The molecular formula is C18H22ClN5O. The lowest BCUT2D eigenvalue weighted by atomic mass is 9.99. The van der Waals surface area contributed by atoms with Crippen molar-refractivity contribution in [1.82, 2.24) is 20.3 Å². The summed E-state index contributed by atoms with van der Waals surface area (Å²) in [6.07, 6.45) is 4.93. The van der Waals surface area contributed by atoms with Gasteiger partial charge >= 0.3 is 0 Å². The molecule has 1 aromatic carbocycles. The minimum absolute atomic E-state index is 0.0194. The number of carbonyl (C=O) groups is 1. The highest BCUT2D eigenvalue weighted by atomic mass is 35.5. The summed E-state index contributed by atoms with van der Waals surface area (Å²) in [6, 6.07) is 7.64. The number of halogens is 1. The van der Waals surface area contributed by atoms with Crippen LogP contribution in [0.3, 0.4) is 0 Å². The molecule has 2 fully saturated rings. The number of nitrogen functional groups attached to an aromatic ring is 1. The van der Waals surface area contributed by atoms with E-state index >= 15 is 0 Å². The van der Waals surface area contributed by atoms with Crippen LogP contribution in [0.1, 0.15) is 42.6 Å². The van der Waals surface area contributed by atoms with E-state index in [4.69, 9.17) is 17.3 Å². The van der Waals surface area contributed by atoms with Crippen molar-refractivity contribution in [2.75, 3.05) is 5.73 Å². The van der Waals surface area contributed by atoms with Crippen molar-refractivity contribution in [2.45, 2.75) is 38.3 Å².